The van der Waals surface area contributed by atoms with Crippen LogP contribution in [0.2, 0.25) is 0 Å². The number of benzene rings is 1. The number of hydrogen-bond acceptors (Lipinski definition) is 8. The molecule has 1 aliphatic heterocycles. The largest absolute Gasteiger partial charge is 0.755 e. The lowest BCUT2D eigenvalue weighted by atomic mass is 9.97. The first-order chi connectivity index (χ1) is 12.1. The zero-order valence-corrected chi connectivity index (χ0v) is 15.3. The fourth-order valence-corrected chi connectivity index (χ4v) is 2.57. The second kappa shape index (κ2) is 7.98. The van der Waals surface area contributed by atoms with Gasteiger partial charge in [0.2, 0.25) is 0 Å². The van der Waals surface area contributed by atoms with Crippen molar-refractivity contribution in [2.75, 3.05) is 11.3 Å². The molecule has 1 aliphatic rings. The second-order valence-electron chi connectivity index (χ2n) is 6.80. The number of nitro groups is 1. The maximum Gasteiger partial charge on any atom is 0.313 e. The van der Waals surface area contributed by atoms with Gasteiger partial charge in [-0.3, -0.25) is 24.4 Å². The highest BCUT2D eigenvalue weighted by Gasteiger charge is 2.33. The first-order valence-electron chi connectivity index (χ1n) is 7.81. The van der Waals surface area contributed by atoms with E-state index in [4.69, 9.17) is 9.47 Å². The number of nitro benzene ring substituents is 1. The third kappa shape index (κ3) is 5.38. The molecule has 0 aliphatic carbocycles. The Balaban J connectivity index is 2.04. The Kier molecular flexibility index (Phi) is 6.16. The Morgan fingerprint density at radius 3 is 2.69 bits per heavy atom. The predicted octanol–water partition coefficient (Wildman–Crippen LogP) is 1.46. The highest BCUT2D eigenvalue weighted by atomic mass is 32.2. The van der Waals surface area contributed by atoms with Crippen LogP contribution >= 0.6 is 0 Å². The summed E-state index contributed by atoms with van der Waals surface area (Å²) in [5, 5.41) is 14.2. The number of ether oxygens (including phenoxy) is 2. The molecule has 11 heteroatoms. The smallest absolute Gasteiger partial charge is 0.313 e. The summed E-state index contributed by atoms with van der Waals surface area (Å²) in [5.74, 6) is -0.352. The molecule has 1 saturated heterocycles. The topological polar surface area (TPSA) is 143 Å². The van der Waals surface area contributed by atoms with Crippen LogP contribution in [0.1, 0.15) is 27.2 Å². The monoisotopic (exact) mass is 386 g/mol. The van der Waals surface area contributed by atoms with Crippen LogP contribution < -0.4 is 14.8 Å². The van der Waals surface area contributed by atoms with Gasteiger partial charge in [0.1, 0.15) is 6.10 Å². The molecule has 144 valence electrons. The number of rotatable bonds is 6. The van der Waals surface area contributed by atoms with E-state index in [1.165, 1.54) is 12.1 Å². The molecule has 0 bridgehead atoms. The van der Waals surface area contributed by atoms with Crippen LogP contribution in [0.25, 0.3) is 0 Å². The Morgan fingerprint density at radius 1 is 1.42 bits per heavy atom. The zero-order valence-electron chi connectivity index (χ0n) is 14.5. The van der Waals surface area contributed by atoms with Gasteiger partial charge >= 0.3 is 11.7 Å². The molecule has 1 aromatic carbocycles. The van der Waals surface area contributed by atoms with E-state index in [1.54, 1.807) is 20.8 Å². The molecule has 2 unspecified atom stereocenters. The summed E-state index contributed by atoms with van der Waals surface area (Å²) in [6.07, 6.45) is -0.627. The predicted molar refractivity (Wildman–Crippen MR) is 92.0 cm³/mol. The van der Waals surface area contributed by atoms with Crippen molar-refractivity contribution in [1.29, 1.82) is 0 Å². The first-order valence-corrected chi connectivity index (χ1v) is 8.89. The lowest BCUT2D eigenvalue weighted by Gasteiger charge is -2.20. The van der Waals surface area contributed by atoms with Crippen LogP contribution in [0.3, 0.4) is 0 Å². The van der Waals surface area contributed by atoms with Crippen molar-refractivity contribution in [3.8, 4) is 5.75 Å². The van der Waals surface area contributed by atoms with E-state index >= 15 is 0 Å². The minimum absolute atomic E-state index is 0.00632. The van der Waals surface area contributed by atoms with Crippen LogP contribution in [0.5, 0.6) is 5.75 Å². The van der Waals surface area contributed by atoms with Crippen LogP contribution in [0, 0.1) is 15.5 Å². The lowest BCUT2D eigenvalue weighted by molar-refractivity contribution is -0.386. The fourth-order valence-electron chi connectivity index (χ4n) is 2.25. The summed E-state index contributed by atoms with van der Waals surface area (Å²) in [6, 6.07) is 3.75. The van der Waals surface area contributed by atoms with Gasteiger partial charge in [-0.15, -0.1) is 0 Å². The molecule has 1 heterocycles. The van der Waals surface area contributed by atoms with Crippen molar-refractivity contribution in [1.82, 2.24) is 5.32 Å². The molecule has 0 aromatic heterocycles. The van der Waals surface area contributed by atoms with Gasteiger partial charge in [-0.25, -0.2) is 0 Å². The van der Waals surface area contributed by atoms with E-state index in [-0.39, 0.29) is 23.1 Å². The van der Waals surface area contributed by atoms with Crippen LogP contribution in [-0.4, -0.2) is 38.5 Å². The summed E-state index contributed by atoms with van der Waals surface area (Å²) in [6.45, 7) is 5.58. The third-order valence-corrected chi connectivity index (χ3v) is 3.96. The van der Waals surface area contributed by atoms with Crippen LogP contribution in [0.15, 0.2) is 18.2 Å². The molecule has 3 atom stereocenters. The molecule has 1 aromatic rings. The number of anilines is 1. The van der Waals surface area contributed by atoms with Crippen molar-refractivity contribution >= 4 is 28.6 Å². The Hall–Kier alpha value is -2.24. The Labute approximate surface area is 152 Å². The number of esters is 1. The number of nitrogens with zero attached hydrogens (tertiary/aromatic N) is 1. The maximum absolute atomic E-state index is 11.9. The molecule has 1 fully saturated rings. The molecule has 0 amide bonds. The molecule has 0 radical (unpaired) electrons. The first kappa shape index (κ1) is 20.1. The average molecular weight is 386 g/mol. The van der Waals surface area contributed by atoms with E-state index in [2.05, 4.69) is 10.0 Å². The molecular weight excluding hydrogens is 366 g/mol. The maximum atomic E-state index is 11.9. The minimum atomic E-state index is -2.59. The van der Waals surface area contributed by atoms with Crippen LogP contribution in [-0.2, 0) is 20.8 Å². The summed E-state index contributed by atoms with van der Waals surface area (Å²) in [5.41, 5.74) is -0.946. The molecule has 0 spiro atoms. The molecule has 2 N–H and O–H groups in total. The third-order valence-electron chi connectivity index (χ3n) is 3.56. The van der Waals surface area contributed by atoms with Crippen molar-refractivity contribution < 1.29 is 28.0 Å². The molecular formula is C15H20N3O7S-. The van der Waals surface area contributed by atoms with Crippen molar-refractivity contribution in [3.05, 3.63) is 28.3 Å². The fraction of sp³-hybridized carbons (Fsp3) is 0.533. The second-order valence-corrected chi connectivity index (χ2v) is 7.48. The van der Waals surface area contributed by atoms with E-state index in [0.29, 0.717) is 13.0 Å². The van der Waals surface area contributed by atoms with Crippen molar-refractivity contribution in [2.24, 2.45) is 5.41 Å². The van der Waals surface area contributed by atoms with Crippen LogP contribution in [0.4, 0.5) is 11.4 Å². The number of carbonyl (C=O) groups is 1. The summed E-state index contributed by atoms with van der Waals surface area (Å²) < 4.78 is 34.3. The molecule has 2 rings (SSSR count). The van der Waals surface area contributed by atoms with Gasteiger partial charge in [0.25, 0.3) is 0 Å². The normalized spacial score (nSPS) is 21.1. The summed E-state index contributed by atoms with van der Waals surface area (Å²) in [4.78, 5) is 22.5. The molecule has 26 heavy (non-hydrogen) atoms. The minimum Gasteiger partial charge on any atom is -0.755 e. The standard InChI is InChI=1S/C15H21N3O7S/c1-15(2,3)14(19)25-13-7-10(8-16-13)24-12-5-4-9(17-26(22)23)6-11(12)18(20)21/h4-6,10,13,16-17H,7-8H2,1-3H3,(H,22,23)/p-1/t10-,13?/m1/s1. The lowest BCUT2D eigenvalue weighted by Crippen LogP contribution is -2.33. The van der Waals surface area contributed by atoms with Gasteiger partial charge in [0.05, 0.1) is 16.0 Å². The highest BCUT2D eigenvalue weighted by molar-refractivity contribution is 7.80. The zero-order chi connectivity index (χ0) is 19.5. The Morgan fingerprint density at radius 2 is 2.12 bits per heavy atom. The van der Waals surface area contributed by atoms with Crippen molar-refractivity contribution in [3.63, 3.8) is 0 Å². The average Bonchev–Trinajstić information content (AvgIpc) is 2.94. The van der Waals surface area contributed by atoms with Gasteiger partial charge in [-0.05, 0) is 32.9 Å². The van der Waals surface area contributed by atoms with E-state index in [1.807, 2.05) is 0 Å². The SMILES string of the molecule is CC(C)(C)C(=O)OC1C[C@@H](Oc2ccc(NS(=O)[O-])cc2[N+](=O)[O-])CN1. The highest BCUT2D eigenvalue weighted by Crippen LogP contribution is 2.32. The van der Waals surface area contributed by atoms with Gasteiger partial charge in [-0.2, -0.15) is 0 Å². The number of hydrogen-bond donors (Lipinski definition) is 2. The molecule has 0 saturated carbocycles. The summed E-state index contributed by atoms with van der Waals surface area (Å²) >= 11 is -2.59. The summed E-state index contributed by atoms with van der Waals surface area (Å²) in [7, 11) is 0. The number of nitrogens with one attached hydrogen (secondary N) is 2. The quantitative estimate of drug-likeness (QED) is 0.324. The Bertz CT molecular complexity index is 720. The number of carbonyl (C=O) groups excluding carboxylic acids is 1. The van der Waals surface area contributed by atoms with Gasteiger partial charge in [0.15, 0.2) is 12.0 Å². The van der Waals surface area contributed by atoms with Crippen molar-refractivity contribution in [2.45, 2.75) is 39.5 Å². The van der Waals surface area contributed by atoms with E-state index < -0.39 is 33.9 Å². The van der Waals surface area contributed by atoms with E-state index in [0.717, 1.165) is 6.07 Å². The van der Waals surface area contributed by atoms with E-state index in [9.17, 15) is 23.7 Å². The van der Waals surface area contributed by atoms with Gasteiger partial charge in [0, 0.05) is 30.3 Å². The van der Waals surface area contributed by atoms with Gasteiger partial charge in [-0.1, -0.05) is 0 Å². The molecule has 10 nitrogen and oxygen atoms in total. The van der Waals surface area contributed by atoms with Gasteiger partial charge < -0.3 is 18.7 Å².